The SMILES string of the molecule is O=C(c1ccc(-n2c(=S)[nH]c3ccccc3c2=O)cc1)N1CCCCCC1. The highest BCUT2D eigenvalue weighted by atomic mass is 32.1. The summed E-state index contributed by atoms with van der Waals surface area (Å²) in [6, 6.07) is 14.4. The molecule has 0 bridgehead atoms. The van der Waals surface area contributed by atoms with E-state index in [1.807, 2.05) is 23.1 Å². The molecule has 1 amide bonds. The molecule has 1 saturated heterocycles. The fourth-order valence-corrected chi connectivity index (χ4v) is 3.90. The Hall–Kier alpha value is -2.73. The second-order valence-electron chi connectivity index (χ2n) is 6.87. The Bertz CT molecular complexity index is 1090. The molecular formula is C21H21N3O2S. The third-order valence-electron chi connectivity index (χ3n) is 5.07. The van der Waals surface area contributed by atoms with Crippen molar-refractivity contribution in [3.63, 3.8) is 0 Å². The van der Waals surface area contributed by atoms with Crippen LogP contribution in [0.15, 0.2) is 53.3 Å². The van der Waals surface area contributed by atoms with Crippen molar-refractivity contribution in [3.05, 3.63) is 69.2 Å². The molecule has 1 aliphatic heterocycles. The van der Waals surface area contributed by atoms with Gasteiger partial charge >= 0.3 is 0 Å². The minimum absolute atomic E-state index is 0.0551. The third kappa shape index (κ3) is 3.45. The number of nitrogens with one attached hydrogen (secondary N) is 1. The average Bonchev–Trinajstić information content (AvgIpc) is 2.97. The maximum Gasteiger partial charge on any atom is 0.266 e. The van der Waals surface area contributed by atoms with E-state index in [1.165, 1.54) is 17.4 Å². The van der Waals surface area contributed by atoms with E-state index in [-0.39, 0.29) is 11.5 Å². The summed E-state index contributed by atoms with van der Waals surface area (Å²) in [6.45, 7) is 1.63. The van der Waals surface area contributed by atoms with Gasteiger partial charge in [0.25, 0.3) is 11.5 Å². The van der Waals surface area contributed by atoms with Crippen molar-refractivity contribution in [1.29, 1.82) is 0 Å². The van der Waals surface area contributed by atoms with Crippen molar-refractivity contribution in [2.24, 2.45) is 0 Å². The van der Waals surface area contributed by atoms with Crippen LogP contribution in [-0.2, 0) is 0 Å². The number of hydrogen-bond donors (Lipinski definition) is 1. The lowest BCUT2D eigenvalue weighted by Gasteiger charge is -2.20. The zero-order valence-electron chi connectivity index (χ0n) is 15.0. The molecule has 1 aromatic heterocycles. The molecule has 0 unspecified atom stereocenters. The maximum absolute atomic E-state index is 12.9. The van der Waals surface area contributed by atoms with Crippen LogP contribution in [0.2, 0.25) is 0 Å². The lowest BCUT2D eigenvalue weighted by molar-refractivity contribution is 0.0761. The quantitative estimate of drug-likeness (QED) is 0.683. The normalized spacial score (nSPS) is 14.9. The Labute approximate surface area is 162 Å². The van der Waals surface area contributed by atoms with Crippen LogP contribution in [0, 0.1) is 4.77 Å². The molecule has 5 nitrogen and oxygen atoms in total. The van der Waals surface area contributed by atoms with E-state index in [0.29, 0.717) is 21.4 Å². The highest BCUT2D eigenvalue weighted by Gasteiger charge is 2.17. The predicted octanol–water partition coefficient (Wildman–Crippen LogP) is 4.06. The number of benzene rings is 2. The number of fused-ring (bicyclic) bond motifs is 1. The van der Waals surface area contributed by atoms with Gasteiger partial charge in [-0.15, -0.1) is 0 Å². The molecule has 0 aliphatic carbocycles. The minimum atomic E-state index is -0.166. The van der Waals surface area contributed by atoms with Gasteiger partial charge in [0, 0.05) is 18.7 Å². The first-order chi connectivity index (χ1) is 13.1. The smallest absolute Gasteiger partial charge is 0.266 e. The van der Waals surface area contributed by atoms with Crippen LogP contribution in [-0.4, -0.2) is 33.4 Å². The van der Waals surface area contributed by atoms with Crippen LogP contribution < -0.4 is 5.56 Å². The average molecular weight is 379 g/mol. The summed E-state index contributed by atoms with van der Waals surface area (Å²) in [6.07, 6.45) is 4.49. The molecule has 4 rings (SSSR count). The molecule has 0 saturated carbocycles. The molecule has 2 aromatic carbocycles. The Kier molecular flexibility index (Phi) is 4.90. The first kappa shape index (κ1) is 17.7. The van der Waals surface area contributed by atoms with Crippen LogP contribution in [0.5, 0.6) is 0 Å². The summed E-state index contributed by atoms with van der Waals surface area (Å²) in [5.74, 6) is 0.0551. The molecular weight excluding hydrogens is 358 g/mol. The van der Waals surface area contributed by atoms with Crippen molar-refractivity contribution in [2.45, 2.75) is 25.7 Å². The number of amides is 1. The number of aromatic amines is 1. The monoisotopic (exact) mass is 379 g/mol. The lowest BCUT2D eigenvalue weighted by atomic mass is 10.1. The van der Waals surface area contributed by atoms with Gasteiger partial charge < -0.3 is 9.88 Å². The van der Waals surface area contributed by atoms with E-state index in [0.717, 1.165) is 31.4 Å². The number of carbonyl (C=O) groups excluding carboxylic acids is 1. The summed E-state index contributed by atoms with van der Waals surface area (Å²) >= 11 is 5.38. The van der Waals surface area contributed by atoms with E-state index in [1.54, 1.807) is 30.3 Å². The van der Waals surface area contributed by atoms with Crippen molar-refractivity contribution < 1.29 is 4.79 Å². The Morgan fingerprint density at radius 2 is 1.59 bits per heavy atom. The second-order valence-corrected chi connectivity index (χ2v) is 7.26. The van der Waals surface area contributed by atoms with Crippen LogP contribution in [0.3, 0.4) is 0 Å². The largest absolute Gasteiger partial charge is 0.339 e. The molecule has 27 heavy (non-hydrogen) atoms. The second kappa shape index (κ2) is 7.48. The van der Waals surface area contributed by atoms with E-state index in [9.17, 15) is 9.59 Å². The summed E-state index contributed by atoms with van der Waals surface area (Å²) in [7, 11) is 0. The van der Waals surface area contributed by atoms with Gasteiger partial charge in [0.05, 0.1) is 16.6 Å². The van der Waals surface area contributed by atoms with Crippen LogP contribution >= 0.6 is 12.2 Å². The van der Waals surface area contributed by atoms with Crippen molar-refractivity contribution >= 4 is 29.0 Å². The Morgan fingerprint density at radius 3 is 2.30 bits per heavy atom. The first-order valence-electron chi connectivity index (χ1n) is 9.29. The highest BCUT2D eigenvalue weighted by Crippen LogP contribution is 2.16. The number of carbonyl (C=O) groups is 1. The molecule has 0 radical (unpaired) electrons. The number of para-hydroxylation sites is 1. The standard InChI is InChI=1S/C21H21N3O2S/c25-19(23-13-5-1-2-6-14-23)15-9-11-16(12-10-15)24-20(26)17-7-3-4-8-18(17)22-21(24)27/h3-4,7-12H,1-2,5-6,13-14H2,(H,22,27). The Balaban J connectivity index is 1.68. The number of likely N-dealkylation sites (tertiary alicyclic amines) is 1. The van der Waals surface area contributed by atoms with E-state index in [4.69, 9.17) is 12.2 Å². The Morgan fingerprint density at radius 1 is 0.926 bits per heavy atom. The van der Waals surface area contributed by atoms with Gasteiger partial charge in [-0.2, -0.15) is 0 Å². The van der Waals surface area contributed by atoms with Gasteiger partial charge in [-0.1, -0.05) is 25.0 Å². The van der Waals surface area contributed by atoms with Gasteiger partial charge in [-0.25, -0.2) is 0 Å². The highest BCUT2D eigenvalue weighted by molar-refractivity contribution is 7.71. The molecule has 1 aliphatic rings. The van der Waals surface area contributed by atoms with Gasteiger partial charge in [0.1, 0.15) is 0 Å². The molecule has 6 heteroatoms. The first-order valence-corrected chi connectivity index (χ1v) is 9.70. The number of rotatable bonds is 2. The fourth-order valence-electron chi connectivity index (χ4n) is 3.61. The fraction of sp³-hybridized carbons (Fsp3) is 0.286. The minimum Gasteiger partial charge on any atom is -0.339 e. The van der Waals surface area contributed by atoms with Gasteiger partial charge in [-0.3, -0.25) is 14.2 Å². The number of aromatic nitrogens is 2. The molecule has 0 spiro atoms. The van der Waals surface area contributed by atoms with Crippen molar-refractivity contribution in [3.8, 4) is 5.69 Å². The van der Waals surface area contributed by atoms with Gasteiger partial charge in [-0.05, 0) is 61.5 Å². The number of nitrogens with zero attached hydrogens (tertiary/aromatic N) is 2. The molecule has 0 atom stereocenters. The summed E-state index contributed by atoms with van der Waals surface area (Å²) in [5.41, 5.74) is 1.85. The molecule has 3 aromatic rings. The molecule has 1 fully saturated rings. The van der Waals surface area contributed by atoms with Gasteiger partial charge in [0.2, 0.25) is 0 Å². The predicted molar refractivity (Wildman–Crippen MR) is 109 cm³/mol. The summed E-state index contributed by atoms with van der Waals surface area (Å²) in [4.78, 5) is 30.6. The number of H-pyrrole nitrogens is 1. The molecule has 2 heterocycles. The van der Waals surface area contributed by atoms with Crippen molar-refractivity contribution in [2.75, 3.05) is 13.1 Å². The van der Waals surface area contributed by atoms with E-state index in [2.05, 4.69) is 4.98 Å². The molecule has 1 N–H and O–H groups in total. The molecule has 138 valence electrons. The number of hydrogen-bond acceptors (Lipinski definition) is 3. The summed E-state index contributed by atoms with van der Waals surface area (Å²) in [5, 5.41) is 0.579. The van der Waals surface area contributed by atoms with Gasteiger partial charge in [0.15, 0.2) is 4.77 Å². The van der Waals surface area contributed by atoms with Crippen molar-refractivity contribution in [1.82, 2.24) is 14.5 Å². The van der Waals surface area contributed by atoms with Crippen LogP contribution in [0.25, 0.3) is 16.6 Å². The summed E-state index contributed by atoms with van der Waals surface area (Å²) < 4.78 is 1.81. The lowest BCUT2D eigenvalue weighted by Crippen LogP contribution is -2.31. The maximum atomic E-state index is 12.9. The van der Waals surface area contributed by atoms with Crippen LogP contribution in [0.1, 0.15) is 36.0 Å². The topological polar surface area (TPSA) is 58.1 Å². The van der Waals surface area contributed by atoms with E-state index < -0.39 is 0 Å². The zero-order valence-corrected chi connectivity index (χ0v) is 15.8. The van der Waals surface area contributed by atoms with Crippen LogP contribution in [0.4, 0.5) is 0 Å². The van der Waals surface area contributed by atoms with E-state index >= 15 is 0 Å². The zero-order chi connectivity index (χ0) is 18.8. The third-order valence-corrected chi connectivity index (χ3v) is 5.36.